The van der Waals surface area contributed by atoms with Crippen LogP contribution in [0, 0.1) is 5.82 Å². The molecule has 1 aromatic carbocycles. The van der Waals surface area contributed by atoms with Gasteiger partial charge in [-0.05, 0) is 0 Å². The molecule has 0 saturated carbocycles. The molecule has 15 heavy (non-hydrogen) atoms. The van der Waals surface area contributed by atoms with Crippen LogP contribution in [0.2, 0.25) is 0 Å². The number of rotatable bonds is 3. The van der Waals surface area contributed by atoms with Crippen LogP contribution in [-0.2, 0) is 0 Å². The average Bonchev–Trinajstić information content (AvgIpc) is 2.56. The molecule has 0 unspecified atom stereocenters. The van der Waals surface area contributed by atoms with Crippen LogP contribution in [0.3, 0.4) is 0 Å². The van der Waals surface area contributed by atoms with Crippen LogP contribution in [0.1, 0.15) is 0 Å². The summed E-state index contributed by atoms with van der Waals surface area (Å²) in [6.07, 6.45) is 0. The van der Waals surface area contributed by atoms with E-state index in [0.717, 1.165) is 0 Å². The molecule has 2 aromatic rings. The Hall–Kier alpha value is -1.82. The van der Waals surface area contributed by atoms with Gasteiger partial charge in [-0.3, -0.25) is 0 Å². The van der Waals surface area contributed by atoms with Gasteiger partial charge in [0.25, 0.3) is 0 Å². The number of nitrogens with two attached hydrogens (primary N) is 1. The minimum Gasteiger partial charge on any atom is -0.492 e. The molecule has 0 bridgehead atoms. The van der Waals surface area contributed by atoms with Gasteiger partial charge in [0.15, 0.2) is 5.82 Å². The zero-order valence-corrected chi connectivity index (χ0v) is 7.84. The molecule has 0 saturated heterocycles. The van der Waals surface area contributed by atoms with Gasteiger partial charge in [-0.2, -0.15) is 0 Å². The maximum Gasteiger partial charge on any atom is 0.323 e. The Bertz CT molecular complexity index is 532. The maximum atomic E-state index is 13.4. The molecule has 0 aliphatic heterocycles. The van der Waals surface area contributed by atoms with Gasteiger partial charge in [0.2, 0.25) is 0 Å². The highest BCUT2D eigenvalue weighted by Crippen LogP contribution is 2.20. The fourth-order valence-electron chi connectivity index (χ4n) is 1.33. The van der Waals surface area contributed by atoms with E-state index in [-0.39, 0.29) is 5.52 Å². The molecule has 80 valence electrons. The van der Waals surface area contributed by atoms with Gasteiger partial charge < -0.3 is 20.4 Å². The normalized spacial score (nSPS) is 10.8. The van der Waals surface area contributed by atoms with E-state index in [1.54, 1.807) is 6.07 Å². The van der Waals surface area contributed by atoms with Crippen LogP contribution in [0.5, 0.6) is 5.75 Å². The molecular weight excluding hydrogens is 201 g/mol. The Kier molecular flexibility index (Phi) is 2.42. The lowest BCUT2D eigenvalue weighted by atomic mass is 10.3. The molecule has 0 aliphatic rings. The average molecular weight is 211 g/mol. The molecule has 6 heteroatoms. The van der Waals surface area contributed by atoms with E-state index >= 15 is 0 Å². The fourth-order valence-corrected chi connectivity index (χ4v) is 1.33. The second kappa shape index (κ2) is 3.74. The standard InChI is InChI=1S/C9H10FN3O2/c10-6-3-5(15-2-1-11)4-7-8(6)13-9(14)12-7/h3-4H,1-2,11H2,(H2,12,13,14). The molecule has 0 atom stereocenters. The second-order valence-corrected chi connectivity index (χ2v) is 3.04. The first-order chi connectivity index (χ1) is 7.20. The van der Waals surface area contributed by atoms with Crippen molar-refractivity contribution in [3.8, 4) is 5.75 Å². The van der Waals surface area contributed by atoms with E-state index in [2.05, 4.69) is 9.97 Å². The van der Waals surface area contributed by atoms with Crippen molar-refractivity contribution in [3.05, 3.63) is 28.4 Å². The van der Waals surface area contributed by atoms with E-state index in [0.29, 0.717) is 24.4 Å². The summed E-state index contributed by atoms with van der Waals surface area (Å²) in [4.78, 5) is 15.7. The predicted molar refractivity (Wildman–Crippen MR) is 53.4 cm³/mol. The highest BCUT2D eigenvalue weighted by atomic mass is 19.1. The number of aromatic amines is 2. The summed E-state index contributed by atoms with van der Waals surface area (Å²) in [6.45, 7) is 0.656. The number of benzene rings is 1. The number of halogens is 1. The van der Waals surface area contributed by atoms with Crippen LogP contribution < -0.4 is 16.2 Å². The molecule has 0 radical (unpaired) electrons. The van der Waals surface area contributed by atoms with Crippen molar-refractivity contribution in [3.63, 3.8) is 0 Å². The van der Waals surface area contributed by atoms with E-state index in [4.69, 9.17) is 10.5 Å². The lowest BCUT2D eigenvalue weighted by Crippen LogP contribution is -2.10. The van der Waals surface area contributed by atoms with Crippen LogP contribution in [0.25, 0.3) is 11.0 Å². The molecule has 0 aliphatic carbocycles. The van der Waals surface area contributed by atoms with Crippen molar-refractivity contribution in [1.82, 2.24) is 9.97 Å². The van der Waals surface area contributed by atoms with Crippen molar-refractivity contribution in [2.24, 2.45) is 5.73 Å². The molecule has 0 amide bonds. The van der Waals surface area contributed by atoms with Gasteiger partial charge in [-0.15, -0.1) is 0 Å². The highest BCUT2D eigenvalue weighted by molar-refractivity contribution is 5.76. The minimum atomic E-state index is -0.530. The van der Waals surface area contributed by atoms with Crippen molar-refractivity contribution in [1.29, 1.82) is 0 Å². The first kappa shape index (κ1) is 9.72. The Labute approximate surface area is 84.1 Å². The summed E-state index contributed by atoms with van der Waals surface area (Å²) in [6, 6.07) is 2.76. The summed E-state index contributed by atoms with van der Waals surface area (Å²) in [7, 11) is 0. The minimum absolute atomic E-state index is 0.153. The third kappa shape index (κ3) is 1.84. The molecule has 1 heterocycles. The molecule has 2 rings (SSSR count). The van der Waals surface area contributed by atoms with Crippen molar-refractivity contribution >= 4 is 11.0 Å². The smallest absolute Gasteiger partial charge is 0.323 e. The van der Waals surface area contributed by atoms with Gasteiger partial charge in [0.1, 0.15) is 17.9 Å². The molecule has 5 nitrogen and oxygen atoms in total. The fraction of sp³-hybridized carbons (Fsp3) is 0.222. The topological polar surface area (TPSA) is 83.9 Å². The van der Waals surface area contributed by atoms with E-state index < -0.39 is 11.5 Å². The van der Waals surface area contributed by atoms with Gasteiger partial charge in [0.05, 0.1) is 5.52 Å². The third-order valence-electron chi connectivity index (χ3n) is 1.94. The Balaban J connectivity index is 2.47. The van der Waals surface area contributed by atoms with Crippen LogP contribution in [0.4, 0.5) is 4.39 Å². The number of hydrogen-bond donors (Lipinski definition) is 3. The number of ether oxygens (including phenoxy) is 1. The molecular formula is C9H10FN3O2. The first-order valence-electron chi connectivity index (χ1n) is 4.45. The predicted octanol–water partition coefficient (Wildman–Crippen LogP) is 0.333. The lowest BCUT2D eigenvalue weighted by molar-refractivity contribution is 0.327. The number of imidazole rings is 1. The summed E-state index contributed by atoms with van der Waals surface area (Å²) in [5.41, 5.74) is 5.34. The molecule has 0 fully saturated rings. The Morgan fingerprint density at radius 3 is 2.93 bits per heavy atom. The summed E-state index contributed by atoms with van der Waals surface area (Å²) >= 11 is 0. The Morgan fingerprint density at radius 2 is 2.20 bits per heavy atom. The largest absolute Gasteiger partial charge is 0.492 e. The number of fused-ring (bicyclic) bond motifs is 1. The molecule has 4 N–H and O–H groups in total. The summed E-state index contributed by atoms with van der Waals surface area (Å²) in [5.74, 6) is -0.182. The molecule has 1 aromatic heterocycles. The number of nitrogens with one attached hydrogen (secondary N) is 2. The second-order valence-electron chi connectivity index (χ2n) is 3.04. The Morgan fingerprint density at radius 1 is 1.40 bits per heavy atom. The van der Waals surface area contributed by atoms with Crippen molar-refractivity contribution in [2.75, 3.05) is 13.2 Å². The summed E-state index contributed by atoms with van der Waals surface area (Å²) < 4.78 is 18.5. The highest BCUT2D eigenvalue weighted by Gasteiger charge is 2.07. The zero-order valence-electron chi connectivity index (χ0n) is 7.84. The van der Waals surface area contributed by atoms with E-state index in [1.807, 2.05) is 0 Å². The van der Waals surface area contributed by atoms with Gasteiger partial charge >= 0.3 is 5.69 Å². The van der Waals surface area contributed by atoms with Crippen molar-refractivity contribution < 1.29 is 9.13 Å². The first-order valence-corrected chi connectivity index (χ1v) is 4.45. The van der Waals surface area contributed by atoms with Crippen LogP contribution in [0.15, 0.2) is 16.9 Å². The SMILES string of the molecule is NCCOc1cc(F)c2[nH]c(=O)[nH]c2c1. The monoisotopic (exact) mass is 211 g/mol. The van der Waals surface area contributed by atoms with Crippen LogP contribution in [-0.4, -0.2) is 23.1 Å². The lowest BCUT2D eigenvalue weighted by Gasteiger charge is -2.04. The third-order valence-corrected chi connectivity index (χ3v) is 1.94. The summed E-state index contributed by atoms with van der Waals surface area (Å²) in [5, 5.41) is 0. The maximum absolute atomic E-state index is 13.4. The van der Waals surface area contributed by atoms with Gasteiger partial charge in [-0.25, -0.2) is 9.18 Å². The van der Waals surface area contributed by atoms with E-state index in [1.165, 1.54) is 6.07 Å². The molecule has 0 spiro atoms. The van der Waals surface area contributed by atoms with Crippen molar-refractivity contribution in [2.45, 2.75) is 0 Å². The van der Waals surface area contributed by atoms with E-state index in [9.17, 15) is 9.18 Å². The number of hydrogen-bond acceptors (Lipinski definition) is 3. The number of aromatic nitrogens is 2. The zero-order chi connectivity index (χ0) is 10.8. The number of H-pyrrole nitrogens is 2. The van der Waals surface area contributed by atoms with Crippen LogP contribution >= 0.6 is 0 Å². The quantitative estimate of drug-likeness (QED) is 0.684. The van der Waals surface area contributed by atoms with Gasteiger partial charge in [0, 0.05) is 18.7 Å². The van der Waals surface area contributed by atoms with Gasteiger partial charge in [-0.1, -0.05) is 0 Å².